The molecule has 0 saturated heterocycles. The average molecular weight is 325 g/mol. The van der Waals surface area contributed by atoms with E-state index >= 15 is 0 Å². The fourth-order valence-electron chi connectivity index (χ4n) is 1.72. The number of nitrogen functional groups attached to an aromatic ring is 1. The molecule has 21 heavy (non-hydrogen) atoms. The van der Waals surface area contributed by atoms with Crippen LogP contribution in [0.2, 0.25) is 5.02 Å². The molecule has 0 spiro atoms. The minimum absolute atomic E-state index is 0.232. The number of rotatable bonds is 5. The monoisotopic (exact) mass is 324 g/mol. The number of aromatic nitrogens is 1. The van der Waals surface area contributed by atoms with Crippen LogP contribution in [0.25, 0.3) is 0 Å². The van der Waals surface area contributed by atoms with Gasteiger partial charge >= 0.3 is 0 Å². The molecule has 1 aromatic carbocycles. The van der Waals surface area contributed by atoms with Crippen molar-refractivity contribution in [2.24, 2.45) is 0 Å². The van der Waals surface area contributed by atoms with Crippen molar-refractivity contribution in [3.63, 3.8) is 0 Å². The molecule has 0 saturated carbocycles. The molecule has 0 aliphatic carbocycles. The van der Waals surface area contributed by atoms with Gasteiger partial charge in [0.1, 0.15) is 10.7 Å². The minimum atomic E-state index is -0.278. The lowest BCUT2D eigenvalue weighted by atomic mass is 10.2. The van der Waals surface area contributed by atoms with Crippen LogP contribution in [0.4, 0.5) is 16.6 Å². The zero-order valence-electron chi connectivity index (χ0n) is 11.9. The topological polar surface area (TPSA) is 80.0 Å². The van der Waals surface area contributed by atoms with Gasteiger partial charge in [-0.15, -0.1) is 0 Å². The number of nitrogens with one attached hydrogen (secondary N) is 2. The molecule has 0 aliphatic heterocycles. The molecule has 1 amide bonds. The highest BCUT2D eigenvalue weighted by Gasteiger charge is 2.17. The van der Waals surface area contributed by atoms with Gasteiger partial charge in [-0.3, -0.25) is 4.79 Å². The van der Waals surface area contributed by atoms with E-state index in [0.717, 1.165) is 18.5 Å². The van der Waals surface area contributed by atoms with Crippen LogP contribution in [-0.2, 0) is 0 Å². The molecule has 7 heteroatoms. The highest BCUT2D eigenvalue weighted by atomic mass is 35.5. The van der Waals surface area contributed by atoms with Gasteiger partial charge in [0, 0.05) is 17.3 Å². The van der Waals surface area contributed by atoms with Crippen LogP contribution < -0.4 is 16.4 Å². The predicted octanol–water partition coefficient (Wildman–Crippen LogP) is 3.76. The molecule has 0 aliphatic rings. The Bertz CT molecular complexity index is 656. The number of benzene rings is 1. The molecule has 0 unspecified atom stereocenters. The number of hydrogen-bond donors (Lipinski definition) is 3. The molecular formula is C14H17ClN4OS. The first-order chi connectivity index (χ1) is 10.0. The molecule has 112 valence electrons. The van der Waals surface area contributed by atoms with E-state index in [0.29, 0.717) is 20.7 Å². The molecule has 0 bridgehead atoms. The lowest BCUT2D eigenvalue weighted by molar-refractivity contribution is 0.103. The third-order valence-corrected chi connectivity index (χ3v) is 4.34. The summed E-state index contributed by atoms with van der Waals surface area (Å²) in [5.74, 6) is -0.0456. The van der Waals surface area contributed by atoms with Crippen LogP contribution in [0.15, 0.2) is 18.2 Å². The summed E-state index contributed by atoms with van der Waals surface area (Å²) in [5, 5.41) is 7.20. The third-order valence-electron chi connectivity index (χ3n) is 2.90. The molecule has 1 heterocycles. The van der Waals surface area contributed by atoms with Crippen LogP contribution in [0.1, 0.15) is 28.6 Å². The molecule has 0 fully saturated rings. The van der Waals surface area contributed by atoms with Crippen LogP contribution in [0.3, 0.4) is 0 Å². The standard InChI is InChI=1S/C14H17ClN4OS/c1-3-7-17-14-19-12(16)11(21-14)13(20)18-10-6-4-5-9(15)8(10)2/h4-6H,3,7,16H2,1-2H3,(H,17,19)(H,18,20). The lowest BCUT2D eigenvalue weighted by Crippen LogP contribution is -2.13. The Labute approximate surface area is 132 Å². The maximum Gasteiger partial charge on any atom is 0.269 e. The zero-order chi connectivity index (χ0) is 15.4. The van der Waals surface area contributed by atoms with Crippen LogP contribution >= 0.6 is 22.9 Å². The summed E-state index contributed by atoms with van der Waals surface area (Å²) < 4.78 is 0. The second-order valence-corrected chi connectivity index (χ2v) is 5.93. The Hall–Kier alpha value is -1.79. The first-order valence-electron chi connectivity index (χ1n) is 6.59. The van der Waals surface area contributed by atoms with Crippen molar-refractivity contribution in [1.82, 2.24) is 4.98 Å². The first kappa shape index (κ1) is 15.6. The summed E-state index contributed by atoms with van der Waals surface area (Å²) in [5.41, 5.74) is 7.30. The second-order valence-electron chi connectivity index (χ2n) is 4.53. The van der Waals surface area contributed by atoms with Gasteiger partial charge in [-0.25, -0.2) is 4.98 Å². The van der Waals surface area contributed by atoms with E-state index in [4.69, 9.17) is 17.3 Å². The fraction of sp³-hybridized carbons (Fsp3) is 0.286. The number of halogens is 1. The van der Waals surface area contributed by atoms with E-state index in [1.807, 2.05) is 6.92 Å². The number of thiazole rings is 1. The highest BCUT2D eigenvalue weighted by molar-refractivity contribution is 7.18. The predicted molar refractivity (Wildman–Crippen MR) is 89.4 cm³/mol. The van der Waals surface area contributed by atoms with Gasteiger partial charge in [0.15, 0.2) is 5.13 Å². The Morgan fingerprint density at radius 3 is 2.95 bits per heavy atom. The van der Waals surface area contributed by atoms with Gasteiger partial charge in [0.05, 0.1) is 0 Å². The van der Waals surface area contributed by atoms with Gasteiger partial charge in [-0.05, 0) is 31.0 Å². The molecular weight excluding hydrogens is 308 g/mol. The summed E-state index contributed by atoms with van der Waals surface area (Å²) in [6, 6.07) is 5.36. The minimum Gasteiger partial charge on any atom is -0.382 e. The quantitative estimate of drug-likeness (QED) is 0.782. The zero-order valence-corrected chi connectivity index (χ0v) is 13.4. The van der Waals surface area contributed by atoms with Crippen LogP contribution in [0, 0.1) is 6.92 Å². The Kier molecular flexibility index (Phi) is 5.03. The number of anilines is 3. The van der Waals surface area contributed by atoms with E-state index in [-0.39, 0.29) is 11.7 Å². The van der Waals surface area contributed by atoms with Crippen molar-refractivity contribution in [3.8, 4) is 0 Å². The van der Waals surface area contributed by atoms with E-state index in [9.17, 15) is 4.79 Å². The summed E-state index contributed by atoms with van der Waals surface area (Å²) >= 11 is 7.28. The average Bonchev–Trinajstić information content (AvgIpc) is 2.83. The van der Waals surface area contributed by atoms with Crippen LogP contribution in [-0.4, -0.2) is 17.4 Å². The number of carbonyl (C=O) groups excluding carboxylic acids is 1. The van der Waals surface area contributed by atoms with Gasteiger partial charge in [0.25, 0.3) is 5.91 Å². The molecule has 0 radical (unpaired) electrons. The van der Waals surface area contributed by atoms with E-state index in [1.54, 1.807) is 18.2 Å². The SMILES string of the molecule is CCCNc1nc(N)c(C(=O)Nc2cccc(Cl)c2C)s1. The Morgan fingerprint density at radius 1 is 1.48 bits per heavy atom. The Balaban J connectivity index is 2.16. The molecule has 1 aromatic heterocycles. The highest BCUT2D eigenvalue weighted by Crippen LogP contribution is 2.28. The molecule has 2 aromatic rings. The molecule has 4 N–H and O–H groups in total. The van der Waals surface area contributed by atoms with E-state index in [1.165, 1.54) is 11.3 Å². The lowest BCUT2D eigenvalue weighted by Gasteiger charge is -2.08. The molecule has 0 atom stereocenters. The summed E-state index contributed by atoms with van der Waals surface area (Å²) in [6.07, 6.45) is 0.975. The van der Waals surface area contributed by atoms with Gasteiger partial charge in [0.2, 0.25) is 0 Å². The number of amides is 1. The second kappa shape index (κ2) is 6.78. The summed E-state index contributed by atoms with van der Waals surface area (Å²) in [4.78, 5) is 16.8. The fourth-order valence-corrected chi connectivity index (χ4v) is 2.70. The number of hydrogen-bond acceptors (Lipinski definition) is 5. The normalized spacial score (nSPS) is 10.4. The number of nitrogens with zero attached hydrogens (tertiary/aromatic N) is 1. The van der Waals surface area contributed by atoms with Crippen molar-refractivity contribution < 1.29 is 4.79 Å². The summed E-state index contributed by atoms with van der Waals surface area (Å²) in [7, 11) is 0. The third kappa shape index (κ3) is 3.65. The van der Waals surface area contributed by atoms with E-state index in [2.05, 4.69) is 22.5 Å². The Morgan fingerprint density at radius 2 is 2.24 bits per heavy atom. The van der Waals surface area contributed by atoms with Crippen molar-refractivity contribution >= 4 is 45.5 Å². The maximum atomic E-state index is 12.3. The summed E-state index contributed by atoms with van der Waals surface area (Å²) in [6.45, 7) is 4.70. The van der Waals surface area contributed by atoms with Gasteiger partial charge < -0.3 is 16.4 Å². The van der Waals surface area contributed by atoms with Crippen LogP contribution in [0.5, 0.6) is 0 Å². The maximum absolute atomic E-state index is 12.3. The largest absolute Gasteiger partial charge is 0.382 e. The van der Waals surface area contributed by atoms with Crippen molar-refractivity contribution in [2.75, 3.05) is 22.9 Å². The molecule has 2 rings (SSSR count). The van der Waals surface area contributed by atoms with E-state index < -0.39 is 0 Å². The van der Waals surface area contributed by atoms with Crippen molar-refractivity contribution in [2.45, 2.75) is 20.3 Å². The molecule has 5 nitrogen and oxygen atoms in total. The van der Waals surface area contributed by atoms with Gasteiger partial charge in [-0.2, -0.15) is 0 Å². The first-order valence-corrected chi connectivity index (χ1v) is 7.79. The number of nitrogens with two attached hydrogens (primary N) is 1. The smallest absolute Gasteiger partial charge is 0.269 e. The number of carbonyl (C=O) groups is 1. The van der Waals surface area contributed by atoms with Crippen molar-refractivity contribution in [1.29, 1.82) is 0 Å². The van der Waals surface area contributed by atoms with Gasteiger partial charge in [-0.1, -0.05) is 35.9 Å². The van der Waals surface area contributed by atoms with Crippen molar-refractivity contribution in [3.05, 3.63) is 33.7 Å².